The van der Waals surface area contributed by atoms with Crippen LogP contribution in [0.15, 0.2) is 103 Å². The second-order valence-electron chi connectivity index (χ2n) is 10.3. The topological polar surface area (TPSA) is 128 Å². The molecule has 0 spiro atoms. The summed E-state index contributed by atoms with van der Waals surface area (Å²) in [6.45, 7) is 0.629. The maximum absolute atomic E-state index is 12.9. The Hall–Kier alpha value is -5.44. The number of aliphatic carboxylic acids is 1. The minimum atomic E-state index is -0.963. The van der Waals surface area contributed by atoms with Crippen molar-refractivity contribution < 1.29 is 24.3 Å². The van der Waals surface area contributed by atoms with Crippen molar-refractivity contribution in [1.29, 1.82) is 0 Å². The summed E-state index contributed by atoms with van der Waals surface area (Å²) in [6.07, 6.45) is 1.01. The molecule has 4 amide bonds. The van der Waals surface area contributed by atoms with Crippen molar-refractivity contribution in [2.75, 3.05) is 22.1 Å². The molecule has 0 fully saturated rings. The quantitative estimate of drug-likeness (QED) is 0.190. The lowest BCUT2D eigenvalue weighted by atomic mass is 10.0. The third kappa shape index (κ3) is 7.65. The Balaban J connectivity index is 1.19. The number of hydrogen-bond acceptors (Lipinski definition) is 4. The van der Waals surface area contributed by atoms with E-state index in [4.69, 9.17) is 0 Å². The monoisotopic (exact) mass is 576 g/mol. The largest absolute Gasteiger partial charge is 0.481 e. The van der Waals surface area contributed by atoms with Crippen LogP contribution in [0.3, 0.4) is 0 Å². The van der Waals surface area contributed by atoms with Gasteiger partial charge in [-0.25, -0.2) is 4.79 Å². The average Bonchev–Trinajstić information content (AvgIpc) is 3.45. The molecule has 0 saturated carbocycles. The number of amides is 4. The van der Waals surface area contributed by atoms with Gasteiger partial charge in [0.05, 0.1) is 12.5 Å². The van der Waals surface area contributed by atoms with Gasteiger partial charge in [0.15, 0.2) is 0 Å². The molecule has 0 radical (unpaired) electrons. The number of urea groups is 1. The van der Waals surface area contributed by atoms with Gasteiger partial charge in [0.2, 0.25) is 5.91 Å². The lowest BCUT2D eigenvalue weighted by Gasteiger charge is -2.20. The summed E-state index contributed by atoms with van der Waals surface area (Å²) in [4.78, 5) is 51.5. The number of anilines is 3. The molecule has 4 aromatic rings. The van der Waals surface area contributed by atoms with Gasteiger partial charge in [-0.2, -0.15) is 0 Å². The number of nitrogens with zero attached hydrogens (tertiary/aromatic N) is 1. The molecule has 1 heterocycles. The number of nitrogens with one attached hydrogen (secondary N) is 3. The van der Waals surface area contributed by atoms with Crippen LogP contribution in [0.5, 0.6) is 0 Å². The second-order valence-corrected chi connectivity index (χ2v) is 10.3. The van der Waals surface area contributed by atoms with Crippen molar-refractivity contribution in [2.24, 2.45) is 0 Å². The van der Waals surface area contributed by atoms with Gasteiger partial charge in [-0.3, -0.25) is 19.3 Å². The minimum Gasteiger partial charge on any atom is -0.481 e. The van der Waals surface area contributed by atoms with Gasteiger partial charge in [-0.15, -0.1) is 0 Å². The summed E-state index contributed by atoms with van der Waals surface area (Å²) < 4.78 is 0. The van der Waals surface area contributed by atoms with Crippen LogP contribution in [0.25, 0.3) is 0 Å². The van der Waals surface area contributed by atoms with Crippen molar-refractivity contribution in [3.63, 3.8) is 0 Å². The van der Waals surface area contributed by atoms with E-state index in [1.807, 2.05) is 30.3 Å². The maximum atomic E-state index is 12.9. The van der Waals surface area contributed by atoms with E-state index in [1.165, 1.54) is 0 Å². The van der Waals surface area contributed by atoms with Gasteiger partial charge < -0.3 is 21.1 Å². The highest BCUT2D eigenvalue weighted by Crippen LogP contribution is 2.28. The fourth-order valence-electron chi connectivity index (χ4n) is 5.09. The number of benzene rings is 4. The van der Waals surface area contributed by atoms with Crippen LogP contribution in [0.1, 0.15) is 45.9 Å². The zero-order valence-electron chi connectivity index (χ0n) is 23.5. The van der Waals surface area contributed by atoms with Crippen molar-refractivity contribution in [3.05, 3.63) is 125 Å². The van der Waals surface area contributed by atoms with Crippen LogP contribution in [0, 0.1) is 0 Å². The molecule has 4 N–H and O–H groups in total. The van der Waals surface area contributed by atoms with Crippen LogP contribution in [0.2, 0.25) is 0 Å². The normalized spacial score (nSPS) is 12.6. The molecular weight excluding hydrogens is 544 g/mol. The van der Waals surface area contributed by atoms with E-state index in [1.54, 1.807) is 77.7 Å². The molecule has 4 aromatic carbocycles. The first-order valence-corrected chi connectivity index (χ1v) is 14.1. The molecule has 9 nitrogen and oxygen atoms in total. The predicted molar refractivity (Wildman–Crippen MR) is 165 cm³/mol. The van der Waals surface area contributed by atoms with E-state index < -0.39 is 12.0 Å². The lowest BCUT2D eigenvalue weighted by Crippen LogP contribution is -2.33. The number of para-hydroxylation sites is 1. The summed E-state index contributed by atoms with van der Waals surface area (Å²) in [5.41, 5.74) is 5.17. The maximum Gasteiger partial charge on any atom is 0.326 e. The number of carbonyl (C=O) groups is 4. The second kappa shape index (κ2) is 13.5. The van der Waals surface area contributed by atoms with Crippen LogP contribution < -0.4 is 20.9 Å². The van der Waals surface area contributed by atoms with E-state index in [9.17, 15) is 24.3 Å². The van der Waals surface area contributed by atoms with Crippen molar-refractivity contribution in [3.8, 4) is 0 Å². The Morgan fingerprint density at radius 2 is 1.53 bits per heavy atom. The van der Waals surface area contributed by atoms with Crippen LogP contribution in [0.4, 0.5) is 21.9 Å². The Kier molecular flexibility index (Phi) is 9.11. The molecule has 0 aromatic heterocycles. The first kappa shape index (κ1) is 29.1. The number of hydrogen-bond donors (Lipinski definition) is 4. The summed E-state index contributed by atoms with van der Waals surface area (Å²) >= 11 is 0. The highest BCUT2D eigenvalue weighted by atomic mass is 16.4. The van der Waals surface area contributed by atoms with E-state index in [0.717, 1.165) is 23.2 Å². The van der Waals surface area contributed by atoms with Crippen molar-refractivity contribution >= 4 is 40.9 Å². The minimum absolute atomic E-state index is 0.116. The smallest absolute Gasteiger partial charge is 0.326 e. The number of rotatable bonds is 10. The molecule has 0 bridgehead atoms. The van der Waals surface area contributed by atoms with Crippen LogP contribution in [-0.4, -0.2) is 35.5 Å². The molecule has 1 aliphatic rings. The van der Waals surface area contributed by atoms with E-state index >= 15 is 0 Å². The predicted octanol–water partition coefficient (Wildman–Crippen LogP) is 5.80. The number of carboxylic acids is 1. The van der Waals surface area contributed by atoms with Crippen molar-refractivity contribution in [1.82, 2.24) is 5.32 Å². The summed E-state index contributed by atoms with van der Waals surface area (Å²) in [7, 11) is 0. The molecule has 43 heavy (non-hydrogen) atoms. The summed E-state index contributed by atoms with van der Waals surface area (Å²) in [6, 6.07) is 30.0. The summed E-state index contributed by atoms with van der Waals surface area (Å²) in [5, 5.41) is 18.0. The third-order valence-electron chi connectivity index (χ3n) is 7.26. The fourth-order valence-corrected chi connectivity index (χ4v) is 5.09. The molecule has 0 aliphatic carbocycles. The molecule has 1 atom stereocenters. The van der Waals surface area contributed by atoms with Gasteiger partial charge in [0.1, 0.15) is 0 Å². The fraction of sp³-hybridized carbons (Fsp3) is 0.176. The Morgan fingerprint density at radius 3 is 2.30 bits per heavy atom. The number of carbonyl (C=O) groups excluding carboxylic acids is 3. The van der Waals surface area contributed by atoms with Crippen LogP contribution in [-0.2, 0) is 22.4 Å². The molecule has 1 unspecified atom stereocenters. The highest BCUT2D eigenvalue weighted by Gasteiger charge is 2.24. The van der Waals surface area contributed by atoms with Gasteiger partial charge >= 0.3 is 12.0 Å². The highest BCUT2D eigenvalue weighted by molar-refractivity contribution is 6.03. The number of carboxylic acid groups (broad SMARTS) is 1. The third-order valence-corrected chi connectivity index (χ3v) is 7.26. The van der Waals surface area contributed by atoms with Gasteiger partial charge in [0, 0.05) is 35.6 Å². The van der Waals surface area contributed by atoms with Crippen molar-refractivity contribution in [2.45, 2.75) is 31.7 Å². The molecule has 218 valence electrons. The molecule has 5 rings (SSSR count). The molecule has 9 heteroatoms. The Bertz CT molecular complexity index is 1620. The van der Waals surface area contributed by atoms with Crippen LogP contribution >= 0.6 is 0 Å². The first-order valence-electron chi connectivity index (χ1n) is 14.1. The lowest BCUT2D eigenvalue weighted by molar-refractivity contribution is -0.137. The molecular formula is C34H32N4O5. The Morgan fingerprint density at radius 1 is 0.791 bits per heavy atom. The molecule has 0 saturated heterocycles. The van der Waals surface area contributed by atoms with E-state index in [0.29, 0.717) is 29.0 Å². The molecule has 1 aliphatic heterocycles. The SMILES string of the molecule is O=C(O)CCC(NC(=O)c1ccccc1)c1cccc(NC(=O)Cc2ccc(NC(=O)N3CCc4ccccc43)cc2)c1. The Labute approximate surface area is 249 Å². The van der Waals surface area contributed by atoms with Gasteiger partial charge in [-0.05, 0) is 72.0 Å². The van der Waals surface area contributed by atoms with E-state index in [-0.39, 0.29) is 37.1 Å². The first-order chi connectivity index (χ1) is 20.9. The average molecular weight is 577 g/mol. The zero-order valence-corrected chi connectivity index (χ0v) is 23.5. The zero-order chi connectivity index (χ0) is 30.2. The number of fused-ring (bicyclic) bond motifs is 1. The van der Waals surface area contributed by atoms with Gasteiger partial charge in [-0.1, -0.05) is 60.7 Å². The standard InChI is InChI=1S/C34H32N4O5/c39-31(21-23-13-15-27(16-14-23)36-34(43)38-20-19-24-7-4-5-12-30(24)38)35-28-11-6-10-26(22-28)29(17-18-32(40)41)37-33(42)25-8-2-1-3-9-25/h1-16,22,29H,17-21H2,(H,35,39)(H,36,43)(H,37,42)(H,40,41). The van der Waals surface area contributed by atoms with Gasteiger partial charge in [0.25, 0.3) is 5.91 Å². The van der Waals surface area contributed by atoms with E-state index in [2.05, 4.69) is 16.0 Å². The summed E-state index contributed by atoms with van der Waals surface area (Å²) in [5.74, 6) is -1.51.